The molecule has 0 bridgehead atoms. The number of benzene rings is 2. The van der Waals surface area contributed by atoms with Crippen LogP contribution in [-0.2, 0) is 6.42 Å². The fourth-order valence-electron chi connectivity index (χ4n) is 1.85. The summed E-state index contributed by atoms with van der Waals surface area (Å²) in [6, 6.07) is 8.12. The molecular formula is C14H11BrClF2N. The van der Waals surface area contributed by atoms with E-state index in [1.54, 1.807) is 18.2 Å². The molecule has 2 rings (SSSR count). The molecule has 0 aliphatic heterocycles. The van der Waals surface area contributed by atoms with Crippen molar-refractivity contribution < 1.29 is 8.78 Å². The molecule has 0 spiro atoms. The molecule has 2 N–H and O–H groups in total. The van der Waals surface area contributed by atoms with Crippen molar-refractivity contribution in [2.45, 2.75) is 12.5 Å². The Balaban J connectivity index is 2.25. The van der Waals surface area contributed by atoms with Gasteiger partial charge in [-0.2, -0.15) is 0 Å². The van der Waals surface area contributed by atoms with Crippen LogP contribution >= 0.6 is 27.5 Å². The van der Waals surface area contributed by atoms with Crippen LogP contribution in [0.4, 0.5) is 8.78 Å². The number of hydrogen-bond donors (Lipinski definition) is 1. The maximum atomic E-state index is 13.6. The summed E-state index contributed by atoms with van der Waals surface area (Å²) >= 11 is 9.21. The zero-order valence-corrected chi connectivity index (χ0v) is 12.2. The van der Waals surface area contributed by atoms with Gasteiger partial charge in [0.1, 0.15) is 11.6 Å². The van der Waals surface area contributed by atoms with E-state index in [9.17, 15) is 8.78 Å². The van der Waals surface area contributed by atoms with Crippen LogP contribution in [-0.4, -0.2) is 0 Å². The quantitative estimate of drug-likeness (QED) is 0.862. The Hall–Kier alpha value is -0.970. The van der Waals surface area contributed by atoms with Gasteiger partial charge in [-0.15, -0.1) is 0 Å². The number of rotatable bonds is 3. The summed E-state index contributed by atoms with van der Waals surface area (Å²) in [5.74, 6) is -0.930. The average molecular weight is 347 g/mol. The third-order valence-electron chi connectivity index (χ3n) is 2.81. The topological polar surface area (TPSA) is 26.0 Å². The Bertz CT molecular complexity index is 604. The van der Waals surface area contributed by atoms with Gasteiger partial charge >= 0.3 is 0 Å². The molecule has 100 valence electrons. The van der Waals surface area contributed by atoms with Crippen molar-refractivity contribution in [3.8, 4) is 0 Å². The Morgan fingerprint density at radius 3 is 2.58 bits per heavy atom. The van der Waals surface area contributed by atoms with Crippen molar-refractivity contribution in [1.82, 2.24) is 0 Å². The van der Waals surface area contributed by atoms with E-state index in [0.29, 0.717) is 5.02 Å². The molecule has 19 heavy (non-hydrogen) atoms. The summed E-state index contributed by atoms with van der Waals surface area (Å²) in [4.78, 5) is 0. The van der Waals surface area contributed by atoms with E-state index in [-0.39, 0.29) is 12.0 Å². The Morgan fingerprint density at radius 1 is 1.16 bits per heavy atom. The van der Waals surface area contributed by atoms with Gasteiger partial charge in [-0.05, 0) is 47.9 Å². The van der Waals surface area contributed by atoms with Crippen LogP contribution in [0.25, 0.3) is 0 Å². The first-order chi connectivity index (χ1) is 8.97. The van der Waals surface area contributed by atoms with Crippen molar-refractivity contribution in [2.75, 3.05) is 0 Å². The molecule has 0 aromatic heterocycles. The number of halogens is 4. The van der Waals surface area contributed by atoms with E-state index < -0.39 is 17.7 Å². The second-order valence-corrected chi connectivity index (χ2v) is 5.50. The van der Waals surface area contributed by atoms with E-state index in [1.165, 1.54) is 6.07 Å². The zero-order chi connectivity index (χ0) is 14.0. The minimum atomic E-state index is -0.473. The molecule has 0 aliphatic rings. The Labute approximate surface area is 123 Å². The minimum absolute atomic E-state index is 0.212. The predicted molar refractivity (Wildman–Crippen MR) is 76.1 cm³/mol. The van der Waals surface area contributed by atoms with Crippen LogP contribution in [0.1, 0.15) is 17.2 Å². The SMILES string of the molecule is NC(Cc1cc(F)ccc1F)c1ccc(Cl)cc1Br. The van der Waals surface area contributed by atoms with Crippen LogP contribution in [0.5, 0.6) is 0 Å². The lowest BCUT2D eigenvalue weighted by molar-refractivity contribution is 0.572. The van der Waals surface area contributed by atoms with E-state index in [1.807, 2.05) is 0 Å². The number of nitrogens with two attached hydrogens (primary N) is 1. The second kappa shape index (κ2) is 5.99. The zero-order valence-electron chi connectivity index (χ0n) is 9.84. The lowest BCUT2D eigenvalue weighted by Gasteiger charge is -2.15. The molecular weight excluding hydrogens is 336 g/mol. The molecule has 0 aliphatic carbocycles. The third-order valence-corrected chi connectivity index (χ3v) is 3.73. The minimum Gasteiger partial charge on any atom is -0.324 e. The first kappa shape index (κ1) is 14.4. The highest BCUT2D eigenvalue weighted by atomic mass is 79.9. The summed E-state index contributed by atoms with van der Waals surface area (Å²) in [5.41, 5.74) is 7.09. The average Bonchev–Trinajstić information content (AvgIpc) is 2.33. The van der Waals surface area contributed by atoms with E-state index in [0.717, 1.165) is 22.2 Å². The fraction of sp³-hybridized carbons (Fsp3) is 0.143. The molecule has 0 radical (unpaired) electrons. The maximum absolute atomic E-state index is 13.6. The van der Waals surface area contributed by atoms with Gasteiger partial charge in [-0.1, -0.05) is 33.6 Å². The van der Waals surface area contributed by atoms with Crippen LogP contribution in [0.2, 0.25) is 5.02 Å². The molecule has 0 amide bonds. The van der Waals surface area contributed by atoms with Gasteiger partial charge in [0.25, 0.3) is 0 Å². The molecule has 0 saturated carbocycles. The molecule has 1 nitrogen and oxygen atoms in total. The van der Waals surface area contributed by atoms with Crippen LogP contribution < -0.4 is 5.73 Å². The van der Waals surface area contributed by atoms with Gasteiger partial charge in [0.15, 0.2) is 0 Å². The van der Waals surface area contributed by atoms with Gasteiger partial charge in [0, 0.05) is 15.5 Å². The first-order valence-electron chi connectivity index (χ1n) is 5.62. The highest BCUT2D eigenvalue weighted by molar-refractivity contribution is 9.10. The normalized spacial score (nSPS) is 12.5. The molecule has 0 heterocycles. The highest BCUT2D eigenvalue weighted by Gasteiger charge is 2.14. The molecule has 0 saturated heterocycles. The summed E-state index contributed by atoms with van der Waals surface area (Å²) in [6.07, 6.45) is 0.212. The highest BCUT2D eigenvalue weighted by Crippen LogP contribution is 2.28. The Kier molecular flexibility index (Phi) is 4.55. The monoisotopic (exact) mass is 345 g/mol. The van der Waals surface area contributed by atoms with Gasteiger partial charge < -0.3 is 5.73 Å². The molecule has 2 aromatic carbocycles. The van der Waals surface area contributed by atoms with Crippen LogP contribution in [0, 0.1) is 11.6 Å². The van der Waals surface area contributed by atoms with Crippen LogP contribution in [0.15, 0.2) is 40.9 Å². The van der Waals surface area contributed by atoms with Crippen LogP contribution in [0.3, 0.4) is 0 Å². The van der Waals surface area contributed by atoms with E-state index in [2.05, 4.69) is 15.9 Å². The second-order valence-electron chi connectivity index (χ2n) is 4.21. The summed E-state index contributed by atoms with van der Waals surface area (Å²) in [7, 11) is 0. The number of hydrogen-bond acceptors (Lipinski definition) is 1. The van der Waals surface area contributed by atoms with Gasteiger partial charge in [0.2, 0.25) is 0 Å². The molecule has 0 fully saturated rings. The van der Waals surface area contributed by atoms with E-state index in [4.69, 9.17) is 17.3 Å². The van der Waals surface area contributed by atoms with Gasteiger partial charge in [-0.25, -0.2) is 8.78 Å². The first-order valence-corrected chi connectivity index (χ1v) is 6.79. The molecule has 5 heteroatoms. The summed E-state index contributed by atoms with van der Waals surface area (Å²) in [5, 5.41) is 0.583. The smallest absolute Gasteiger partial charge is 0.126 e. The van der Waals surface area contributed by atoms with Crippen molar-refractivity contribution in [1.29, 1.82) is 0 Å². The van der Waals surface area contributed by atoms with Crippen molar-refractivity contribution in [3.05, 3.63) is 68.7 Å². The summed E-state index contributed by atoms with van der Waals surface area (Å²) < 4.78 is 27.4. The van der Waals surface area contributed by atoms with Crippen molar-refractivity contribution >= 4 is 27.5 Å². The maximum Gasteiger partial charge on any atom is 0.126 e. The van der Waals surface area contributed by atoms with Crippen molar-refractivity contribution in [2.24, 2.45) is 5.73 Å². The molecule has 2 aromatic rings. The molecule has 1 unspecified atom stereocenters. The van der Waals surface area contributed by atoms with Crippen molar-refractivity contribution in [3.63, 3.8) is 0 Å². The largest absolute Gasteiger partial charge is 0.324 e. The third kappa shape index (κ3) is 3.53. The Morgan fingerprint density at radius 2 is 1.89 bits per heavy atom. The lowest BCUT2D eigenvalue weighted by atomic mass is 9.99. The fourth-order valence-corrected chi connectivity index (χ4v) is 2.83. The lowest BCUT2D eigenvalue weighted by Crippen LogP contribution is -2.15. The van der Waals surface area contributed by atoms with E-state index >= 15 is 0 Å². The van der Waals surface area contributed by atoms with Gasteiger partial charge in [-0.3, -0.25) is 0 Å². The predicted octanol–water partition coefficient (Wildman–Crippen LogP) is 4.62. The molecule has 1 atom stereocenters. The van der Waals surface area contributed by atoms with Gasteiger partial charge in [0.05, 0.1) is 0 Å². The summed E-state index contributed by atoms with van der Waals surface area (Å²) in [6.45, 7) is 0. The standard InChI is InChI=1S/C14H11BrClF2N/c15-12-7-9(16)1-3-11(12)14(19)6-8-5-10(17)2-4-13(8)18/h1-5,7,14H,6,19H2.